The van der Waals surface area contributed by atoms with Crippen LogP contribution < -0.4 is 5.32 Å². The van der Waals surface area contributed by atoms with Crippen LogP contribution in [0.1, 0.15) is 48.6 Å². The van der Waals surface area contributed by atoms with E-state index in [1.807, 2.05) is 37.5 Å². The molecule has 5 nitrogen and oxygen atoms in total. The zero-order chi connectivity index (χ0) is 23.4. The van der Waals surface area contributed by atoms with Crippen molar-refractivity contribution >= 4 is 64.1 Å². The second kappa shape index (κ2) is 11.1. The zero-order valence-electron chi connectivity index (χ0n) is 17.7. The maximum absolute atomic E-state index is 12.9. The van der Waals surface area contributed by atoms with Crippen molar-refractivity contribution in [1.82, 2.24) is 20.1 Å². The van der Waals surface area contributed by atoms with Gasteiger partial charge in [-0.3, -0.25) is 4.79 Å². The van der Waals surface area contributed by atoms with Gasteiger partial charge in [0.15, 0.2) is 11.0 Å². The van der Waals surface area contributed by atoms with Gasteiger partial charge in [0.1, 0.15) is 0 Å². The number of hydrogen-bond acceptors (Lipinski definition) is 4. The van der Waals surface area contributed by atoms with Gasteiger partial charge in [0.25, 0.3) is 5.91 Å². The van der Waals surface area contributed by atoms with E-state index >= 15 is 0 Å². The minimum atomic E-state index is -0.346. The fourth-order valence-corrected chi connectivity index (χ4v) is 4.90. The van der Waals surface area contributed by atoms with Crippen LogP contribution in [-0.2, 0) is 12.3 Å². The third-order valence-electron chi connectivity index (χ3n) is 4.82. The fraction of sp³-hybridized carbons (Fsp3) is 0.318. The van der Waals surface area contributed by atoms with Crippen LogP contribution in [0.15, 0.2) is 41.6 Å². The molecule has 0 aliphatic rings. The van der Waals surface area contributed by atoms with Crippen LogP contribution in [0.5, 0.6) is 0 Å². The quantitative estimate of drug-likeness (QED) is 0.309. The number of halogens is 4. The molecular formula is C22H22Cl4N4OS. The molecule has 3 aromatic rings. The summed E-state index contributed by atoms with van der Waals surface area (Å²) >= 11 is 25.8. The first-order chi connectivity index (χ1) is 15.2. The number of aromatic nitrogens is 3. The molecule has 2 aromatic carbocycles. The first-order valence-corrected chi connectivity index (χ1v) is 12.5. The van der Waals surface area contributed by atoms with Crippen LogP contribution in [0.4, 0.5) is 0 Å². The smallest absolute Gasteiger partial charge is 0.253 e. The van der Waals surface area contributed by atoms with E-state index in [1.54, 1.807) is 36.0 Å². The summed E-state index contributed by atoms with van der Waals surface area (Å²) in [4.78, 5) is 12.9. The Kier molecular flexibility index (Phi) is 8.75. The molecule has 1 atom stereocenters. The molecule has 0 bridgehead atoms. The molecule has 3 rings (SSSR count). The van der Waals surface area contributed by atoms with Crippen molar-refractivity contribution in [2.75, 3.05) is 0 Å². The number of thioether (sulfide) groups is 1. The molecule has 1 amide bonds. The van der Waals surface area contributed by atoms with E-state index in [4.69, 9.17) is 46.4 Å². The number of rotatable bonds is 8. The lowest BCUT2D eigenvalue weighted by atomic mass is 10.0. The summed E-state index contributed by atoms with van der Waals surface area (Å²) in [7, 11) is 0. The number of benzene rings is 2. The molecule has 10 heteroatoms. The van der Waals surface area contributed by atoms with E-state index < -0.39 is 0 Å². The van der Waals surface area contributed by atoms with E-state index in [-0.39, 0.29) is 17.9 Å². The van der Waals surface area contributed by atoms with Crippen molar-refractivity contribution in [2.24, 2.45) is 5.92 Å². The van der Waals surface area contributed by atoms with Gasteiger partial charge in [-0.15, -0.1) is 10.2 Å². The number of carbonyl (C=O) groups excluding carboxylic acids is 1. The van der Waals surface area contributed by atoms with Crippen molar-refractivity contribution in [3.63, 3.8) is 0 Å². The highest BCUT2D eigenvalue weighted by atomic mass is 35.5. The summed E-state index contributed by atoms with van der Waals surface area (Å²) in [6.45, 7) is 6.72. The highest BCUT2D eigenvalue weighted by Crippen LogP contribution is 2.30. The molecule has 1 heterocycles. The maximum atomic E-state index is 12.9. The Morgan fingerprint density at radius 1 is 1.03 bits per heavy atom. The van der Waals surface area contributed by atoms with Gasteiger partial charge in [-0.2, -0.15) is 0 Å². The van der Waals surface area contributed by atoms with E-state index in [0.29, 0.717) is 43.8 Å². The number of hydrogen-bond donors (Lipinski definition) is 1. The second-order valence-electron chi connectivity index (χ2n) is 7.44. The van der Waals surface area contributed by atoms with Crippen LogP contribution in [0.2, 0.25) is 20.1 Å². The summed E-state index contributed by atoms with van der Waals surface area (Å²) in [5.41, 5.74) is 1.39. The first-order valence-electron chi connectivity index (χ1n) is 9.97. The molecule has 0 fully saturated rings. The molecular weight excluding hydrogens is 510 g/mol. The van der Waals surface area contributed by atoms with Crippen molar-refractivity contribution in [2.45, 2.75) is 44.3 Å². The molecule has 0 saturated heterocycles. The molecule has 1 aromatic heterocycles. The predicted molar refractivity (Wildman–Crippen MR) is 133 cm³/mol. The van der Waals surface area contributed by atoms with Gasteiger partial charge in [-0.05, 0) is 48.7 Å². The van der Waals surface area contributed by atoms with E-state index in [1.165, 1.54) is 0 Å². The Hall–Kier alpha value is -1.44. The van der Waals surface area contributed by atoms with E-state index in [2.05, 4.69) is 15.5 Å². The Balaban J connectivity index is 1.81. The number of carbonyl (C=O) groups is 1. The molecule has 32 heavy (non-hydrogen) atoms. The SMILES string of the molecule is CCn1c(SCc2ccc(Cl)c(Cl)c2)nnc1[C@@H](NC(=O)c1ccc(Cl)cc1Cl)C(C)C. The van der Waals surface area contributed by atoms with Gasteiger partial charge in [0, 0.05) is 17.3 Å². The van der Waals surface area contributed by atoms with Gasteiger partial charge >= 0.3 is 0 Å². The van der Waals surface area contributed by atoms with Gasteiger partial charge < -0.3 is 9.88 Å². The highest BCUT2D eigenvalue weighted by molar-refractivity contribution is 7.98. The molecule has 0 unspecified atom stereocenters. The summed E-state index contributed by atoms with van der Waals surface area (Å²) < 4.78 is 2.01. The molecule has 0 spiro atoms. The van der Waals surface area contributed by atoms with E-state index in [0.717, 1.165) is 10.7 Å². The number of nitrogens with one attached hydrogen (secondary N) is 1. The van der Waals surface area contributed by atoms with Gasteiger partial charge in [0.05, 0.1) is 26.7 Å². The summed E-state index contributed by atoms with van der Waals surface area (Å²) in [6, 6.07) is 10.0. The van der Waals surface area contributed by atoms with Crippen LogP contribution in [-0.4, -0.2) is 20.7 Å². The average Bonchev–Trinajstić information content (AvgIpc) is 3.14. The van der Waals surface area contributed by atoms with Crippen molar-refractivity contribution in [3.8, 4) is 0 Å². The van der Waals surface area contributed by atoms with Gasteiger partial charge in [-0.1, -0.05) is 78.1 Å². The largest absolute Gasteiger partial charge is 0.342 e. The Labute approximate surface area is 211 Å². The first kappa shape index (κ1) is 25.2. The van der Waals surface area contributed by atoms with Gasteiger partial charge in [0.2, 0.25) is 0 Å². The summed E-state index contributed by atoms with van der Waals surface area (Å²) in [6.07, 6.45) is 0. The predicted octanol–water partition coefficient (Wildman–Crippen LogP) is 7.33. The average molecular weight is 532 g/mol. The molecule has 0 saturated carbocycles. The third kappa shape index (κ3) is 5.91. The lowest BCUT2D eigenvalue weighted by Crippen LogP contribution is -2.34. The van der Waals surface area contributed by atoms with Crippen molar-refractivity contribution < 1.29 is 4.79 Å². The topological polar surface area (TPSA) is 59.8 Å². The third-order valence-corrected chi connectivity index (χ3v) is 7.15. The lowest BCUT2D eigenvalue weighted by Gasteiger charge is -2.23. The summed E-state index contributed by atoms with van der Waals surface area (Å²) in [5.74, 6) is 1.14. The molecule has 1 N–H and O–H groups in total. The van der Waals surface area contributed by atoms with Gasteiger partial charge in [-0.25, -0.2) is 0 Å². The Morgan fingerprint density at radius 2 is 1.78 bits per heavy atom. The monoisotopic (exact) mass is 530 g/mol. The van der Waals surface area contributed by atoms with Crippen LogP contribution in [0, 0.1) is 5.92 Å². The fourth-order valence-electron chi connectivity index (χ4n) is 3.13. The Bertz CT molecular complexity index is 1120. The van der Waals surface area contributed by atoms with E-state index in [9.17, 15) is 4.79 Å². The number of nitrogens with zero attached hydrogens (tertiary/aromatic N) is 3. The molecule has 0 aliphatic heterocycles. The molecule has 0 aliphatic carbocycles. The van der Waals surface area contributed by atoms with Crippen LogP contribution >= 0.6 is 58.2 Å². The standard InChI is InChI=1S/C22H22Cl4N4OS/c1-4-30-20(28-29-22(30)32-11-13-5-8-16(24)18(26)9-13)19(12(2)3)27-21(31)15-7-6-14(23)10-17(15)25/h5-10,12,19H,4,11H2,1-3H3,(H,27,31)/t19-/m0/s1. The Morgan fingerprint density at radius 3 is 2.41 bits per heavy atom. The lowest BCUT2D eigenvalue weighted by molar-refractivity contribution is 0.0922. The van der Waals surface area contributed by atoms with Crippen LogP contribution in [0.3, 0.4) is 0 Å². The molecule has 170 valence electrons. The van der Waals surface area contributed by atoms with Crippen molar-refractivity contribution in [1.29, 1.82) is 0 Å². The maximum Gasteiger partial charge on any atom is 0.253 e. The second-order valence-corrected chi connectivity index (χ2v) is 10.0. The zero-order valence-corrected chi connectivity index (χ0v) is 21.5. The minimum absolute atomic E-state index is 0.0763. The minimum Gasteiger partial charge on any atom is -0.342 e. The highest BCUT2D eigenvalue weighted by Gasteiger charge is 2.26. The normalized spacial score (nSPS) is 12.2. The van der Waals surface area contributed by atoms with Crippen molar-refractivity contribution in [3.05, 3.63) is 73.4 Å². The number of amides is 1. The van der Waals surface area contributed by atoms with Crippen LogP contribution in [0.25, 0.3) is 0 Å². The molecule has 0 radical (unpaired) electrons. The summed E-state index contributed by atoms with van der Waals surface area (Å²) in [5, 5.41) is 14.4.